The fourth-order valence-corrected chi connectivity index (χ4v) is 1.53. The van der Waals surface area contributed by atoms with Gasteiger partial charge in [0.25, 0.3) is 0 Å². The van der Waals surface area contributed by atoms with Gasteiger partial charge < -0.3 is 0 Å². The van der Waals surface area contributed by atoms with Crippen molar-refractivity contribution in [1.29, 1.82) is 0 Å². The lowest BCUT2D eigenvalue weighted by Gasteiger charge is -2.06. The van der Waals surface area contributed by atoms with E-state index < -0.39 is 11.8 Å². The standard InChI is InChI=1S/C11H12F2N2/c1-6(2)8-4-9(12)11-14-7(3)10(13)15(11)5-8/h4-6H,1-3H3. The number of halogens is 2. The minimum Gasteiger partial charge on any atom is -0.273 e. The average Bonchev–Trinajstić information content (AvgIpc) is 2.45. The quantitative estimate of drug-likeness (QED) is 0.707. The number of aryl methyl sites for hydroxylation is 1. The van der Waals surface area contributed by atoms with E-state index in [2.05, 4.69) is 4.98 Å². The smallest absolute Gasteiger partial charge is 0.220 e. The second-order valence-electron chi connectivity index (χ2n) is 3.96. The molecule has 0 saturated carbocycles. The predicted octanol–water partition coefficient (Wildman–Crippen LogP) is 3.04. The molecular formula is C11H12F2N2. The van der Waals surface area contributed by atoms with E-state index in [1.165, 1.54) is 17.4 Å². The van der Waals surface area contributed by atoms with Crippen molar-refractivity contribution in [2.24, 2.45) is 0 Å². The molecule has 4 heteroatoms. The molecular weight excluding hydrogens is 198 g/mol. The van der Waals surface area contributed by atoms with E-state index in [1.807, 2.05) is 13.8 Å². The summed E-state index contributed by atoms with van der Waals surface area (Å²) in [5.41, 5.74) is 1.03. The highest BCUT2D eigenvalue weighted by atomic mass is 19.1. The van der Waals surface area contributed by atoms with E-state index in [0.717, 1.165) is 5.56 Å². The molecule has 0 aliphatic rings. The van der Waals surface area contributed by atoms with Gasteiger partial charge in [-0.05, 0) is 24.5 Å². The van der Waals surface area contributed by atoms with Crippen LogP contribution in [0.5, 0.6) is 0 Å². The Morgan fingerprint density at radius 2 is 2.00 bits per heavy atom. The van der Waals surface area contributed by atoms with Crippen molar-refractivity contribution < 1.29 is 8.78 Å². The molecule has 0 N–H and O–H groups in total. The van der Waals surface area contributed by atoms with Crippen LogP contribution in [0.2, 0.25) is 0 Å². The Balaban J connectivity index is 2.79. The molecule has 0 spiro atoms. The Kier molecular flexibility index (Phi) is 2.21. The van der Waals surface area contributed by atoms with Gasteiger partial charge in [-0.15, -0.1) is 0 Å². The molecule has 2 nitrogen and oxygen atoms in total. The summed E-state index contributed by atoms with van der Waals surface area (Å²) in [5.74, 6) is -0.814. The Morgan fingerprint density at radius 1 is 1.33 bits per heavy atom. The zero-order valence-electron chi connectivity index (χ0n) is 8.88. The molecule has 0 atom stereocenters. The fraction of sp³-hybridized carbons (Fsp3) is 0.364. The summed E-state index contributed by atoms with van der Waals surface area (Å²) in [6.45, 7) is 5.39. The first-order chi connectivity index (χ1) is 7.00. The average molecular weight is 210 g/mol. The molecule has 15 heavy (non-hydrogen) atoms. The van der Waals surface area contributed by atoms with Gasteiger partial charge in [-0.25, -0.2) is 9.37 Å². The van der Waals surface area contributed by atoms with Crippen molar-refractivity contribution in [2.75, 3.05) is 0 Å². The summed E-state index contributed by atoms with van der Waals surface area (Å²) < 4.78 is 28.2. The van der Waals surface area contributed by atoms with Gasteiger partial charge in [-0.3, -0.25) is 4.40 Å². The number of pyridine rings is 1. The highest BCUT2D eigenvalue weighted by molar-refractivity contribution is 5.44. The SMILES string of the molecule is Cc1nc2c(F)cc(C(C)C)cn2c1F. The van der Waals surface area contributed by atoms with Gasteiger partial charge in [0, 0.05) is 6.20 Å². The molecule has 0 aromatic carbocycles. The topological polar surface area (TPSA) is 17.3 Å². The van der Waals surface area contributed by atoms with Crippen LogP contribution >= 0.6 is 0 Å². The molecule has 0 saturated heterocycles. The third kappa shape index (κ3) is 1.50. The third-order valence-electron chi connectivity index (χ3n) is 2.46. The molecule has 2 heterocycles. The van der Waals surface area contributed by atoms with Crippen LogP contribution in [0.3, 0.4) is 0 Å². The second kappa shape index (κ2) is 3.29. The zero-order chi connectivity index (χ0) is 11.2. The maximum atomic E-state index is 13.6. The van der Waals surface area contributed by atoms with Crippen molar-refractivity contribution in [3.8, 4) is 0 Å². The first-order valence-electron chi connectivity index (χ1n) is 4.84. The highest BCUT2D eigenvalue weighted by Gasteiger charge is 2.13. The van der Waals surface area contributed by atoms with Crippen molar-refractivity contribution in [3.05, 3.63) is 35.3 Å². The van der Waals surface area contributed by atoms with Crippen molar-refractivity contribution in [1.82, 2.24) is 9.38 Å². The molecule has 0 bridgehead atoms. The number of nitrogens with zero attached hydrogens (tertiary/aromatic N) is 2. The van der Waals surface area contributed by atoms with Gasteiger partial charge in [0.2, 0.25) is 5.95 Å². The number of rotatable bonds is 1. The molecule has 0 fully saturated rings. The molecule has 2 aromatic heterocycles. The number of hydrogen-bond donors (Lipinski definition) is 0. The summed E-state index contributed by atoms with van der Waals surface area (Å²) in [6, 6.07) is 1.41. The van der Waals surface area contributed by atoms with E-state index in [9.17, 15) is 8.78 Å². The molecule has 2 rings (SSSR count). The van der Waals surface area contributed by atoms with Gasteiger partial charge in [0.15, 0.2) is 11.5 Å². The number of aromatic nitrogens is 2. The van der Waals surface area contributed by atoms with Crippen LogP contribution in [-0.2, 0) is 0 Å². The number of fused-ring (bicyclic) bond motifs is 1. The second-order valence-corrected chi connectivity index (χ2v) is 3.96. The van der Waals surface area contributed by atoms with Gasteiger partial charge in [0.05, 0.1) is 5.69 Å². The van der Waals surface area contributed by atoms with Gasteiger partial charge in [0.1, 0.15) is 0 Å². The molecule has 0 radical (unpaired) electrons. The van der Waals surface area contributed by atoms with E-state index in [4.69, 9.17) is 0 Å². The molecule has 0 amide bonds. The Morgan fingerprint density at radius 3 is 2.60 bits per heavy atom. The Labute approximate surface area is 86.6 Å². The number of imidazole rings is 1. The predicted molar refractivity (Wildman–Crippen MR) is 53.9 cm³/mol. The van der Waals surface area contributed by atoms with Gasteiger partial charge in [-0.1, -0.05) is 13.8 Å². The zero-order valence-corrected chi connectivity index (χ0v) is 8.88. The van der Waals surface area contributed by atoms with Gasteiger partial charge >= 0.3 is 0 Å². The molecule has 0 unspecified atom stereocenters. The normalized spacial score (nSPS) is 11.6. The van der Waals surface area contributed by atoms with Crippen LogP contribution in [0.4, 0.5) is 8.78 Å². The lowest BCUT2D eigenvalue weighted by Crippen LogP contribution is -1.97. The van der Waals surface area contributed by atoms with Crippen LogP contribution in [-0.4, -0.2) is 9.38 Å². The molecule has 80 valence electrons. The van der Waals surface area contributed by atoms with E-state index in [1.54, 1.807) is 6.20 Å². The largest absolute Gasteiger partial charge is 0.273 e. The van der Waals surface area contributed by atoms with Crippen molar-refractivity contribution >= 4 is 5.65 Å². The third-order valence-corrected chi connectivity index (χ3v) is 2.46. The van der Waals surface area contributed by atoms with Crippen LogP contribution in [0, 0.1) is 18.7 Å². The Hall–Kier alpha value is -1.45. The van der Waals surface area contributed by atoms with Crippen LogP contribution in [0.25, 0.3) is 5.65 Å². The van der Waals surface area contributed by atoms with Crippen molar-refractivity contribution in [3.63, 3.8) is 0 Å². The maximum Gasteiger partial charge on any atom is 0.220 e. The van der Waals surface area contributed by atoms with E-state index >= 15 is 0 Å². The van der Waals surface area contributed by atoms with Crippen LogP contribution in [0.1, 0.15) is 31.0 Å². The van der Waals surface area contributed by atoms with Crippen LogP contribution < -0.4 is 0 Å². The first-order valence-corrected chi connectivity index (χ1v) is 4.84. The summed E-state index contributed by atoms with van der Waals surface area (Å²) in [5, 5.41) is 0. The summed E-state index contributed by atoms with van der Waals surface area (Å²) in [6.07, 6.45) is 1.60. The van der Waals surface area contributed by atoms with Gasteiger partial charge in [-0.2, -0.15) is 4.39 Å². The minimum absolute atomic E-state index is 0.0504. The summed E-state index contributed by atoms with van der Waals surface area (Å²) in [7, 11) is 0. The lowest BCUT2D eigenvalue weighted by molar-refractivity contribution is 0.556. The summed E-state index contributed by atoms with van der Waals surface area (Å²) in [4.78, 5) is 3.83. The molecule has 0 aliphatic heterocycles. The van der Waals surface area contributed by atoms with E-state index in [0.29, 0.717) is 0 Å². The first kappa shape index (κ1) is 10.1. The fourth-order valence-electron chi connectivity index (χ4n) is 1.53. The lowest BCUT2D eigenvalue weighted by atomic mass is 10.1. The maximum absolute atomic E-state index is 13.6. The van der Waals surface area contributed by atoms with E-state index in [-0.39, 0.29) is 17.3 Å². The van der Waals surface area contributed by atoms with Crippen LogP contribution in [0.15, 0.2) is 12.3 Å². The Bertz CT molecular complexity index is 515. The number of hydrogen-bond acceptors (Lipinski definition) is 1. The molecule has 2 aromatic rings. The summed E-state index contributed by atoms with van der Waals surface area (Å²) >= 11 is 0. The van der Waals surface area contributed by atoms with Crippen molar-refractivity contribution in [2.45, 2.75) is 26.7 Å². The minimum atomic E-state index is -0.494. The highest BCUT2D eigenvalue weighted by Crippen LogP contribution is 2.20. The monoisotopic (exact) mass is 210 g/mol. The molecule has 0 aliphatic carbocycles.